The van der Waals surface area contributed by atoms with Crippen LogP contribution in [0.4, 0.5) is 0 Å². The molecule has 25 heavy (non-hydrogen) atoms. The lowest BCUT2D eigenvalue weighted by atomic mass is 9.84. The highest BCUT2D eigenvalue weighted by Crippen LogP contribution is 2.46. The fourth-order valence-corrected chi connectivity index (χ4v) is 4.24. The van der Waals surface area contributed by atoms with Crippen LogP contribution in [0.3, 0.4) is 0 Å². The predicted octanol–water partition coefficient (Wildman–Crippen LogP) is 3.70. The van der Waals surface area contributed by atoms with Gasteiger partial charge in [0.2, 0.25) is 0 Å². The van der Waals surface area contributed by atoms with Gasteiger partial charge in [-0.3, -0.25) is 0 Å². The van der Waals surface area contributed by atoms with Crippen molar-refractivity contribution in [3.05, 3.63) is 28.5 Å². The van der Waals surface area contributed by atoms with E-state index in [1.54, 1.807) is 0 Å². The summed E-state index contributed by atoms with van der Waals surface area (Å²) in [5.41, 5.74) is 0.0964. The number of nitrogens with one attached hydrogen (secondary N) is 1. The first-order valence-corrected chi connectivity index (χ1v) is 9.74. The van der Waals surface area contributed by atoms with Crippen molar-refractivity contribution in [2.45, 2.75) is 69.6 Å². The van der Waals surface area contributed by atoms with Crippen LogP contribution in [0.5, 0.6) is 0 Å². The fourth-order valence-electron chi connectivity index (χ4n) is 4.01. The molecule has 0 aromatic carbocycles. The highest BCUT2D eigenvalue weighted by molar-refractivity contribution is 9.10. The molecule has 1 saturated carbocycles. The number of rotatable bonds is 4. The van der Waals surface area contributed by atoms with Crippen molar-refractivity contribution < 1.29 is 14.3 Å². The maximum Gasteiger partial charge on any atom is 0.332 e. The van der Waals surface area contributed by atoms with Gasteiger partial charge in [-0.05, 0) is 55.6 Å². The van der Waals surface area contributed by atoms with Crippen LogP contribution in [-0.4, -0.2) is 35.2 Å². The number of ether oxygens (including phenoxy) is 2. The Kier molecular flexibility index (Phi) is 5.24. The second kappa shape index (κ2) is 6.97. The zero-order chi connectivity index (χ0) is 18.1. The Bertz CT molecular complexity index is 621. The van der Waals surface area contributed by atoms with Gasteiger partial charge in [0.25, 0.3) is 0 Å². The highest BCUT2D eigenvalue weighted by Gasteiger charge is 2.51. The van der Waals surface area contributed by atoms with Crippen molar-refractivity contribution in [1.29, 1.82) is 0 Å². The van der Waals surface area contributed by atoms with Crippen molar-refractivity contribution in [2.75, 3.05) is 13.2 Å². The van der Waals surface area contributed by atoms with Crippen molar-refractivity contribution in [2.24, 2.45) is 0 Å². The summed E-state index contributed by atoms with van der Waals surface area (Å²) < 4.78 is 12.4. The second-order valence-corrected chi connectivity index (χ2v) is 9.07. The molecule has 1 unspecified atom stereocenters. The lowest BCUT2D eigenvalue weighted by Gasteiger charge is -2.31. The molecule has 1 spiro atoms. The number of nitrogens with zero attached hydrogens (tertiary/aromatic N) is 1. The average Bonchev–Trinajstić information content (AvgIpc) is 3.13. The molecule has 3 rings (SSSR count). The molecule has 2 fully saturated rings. The summed E-state index contributed by atoms with van der Waals surface area (Å²) in [5.74, 6) is -0.329. The number of pyridine rings is 1. The average molecular weight is 411 g/mol. The Hall–Kier alpha value is -0.980. The first kappa shape index (κ1) is 18.8. The first-order valence-electron chi connectivity index (χ1n) is 8.95. The van der Waals surface area contributed by atoms with Gasteiger partial charge < -0.3 is 14.8 Å². The molecule has 1 aromatic rings. The molecule has 2 heterocycles. The van der Waals surface area contributed by atoms with Crippen molar-refractivity contribution in [3.63, 3.8) is 0 Å². The van der Waals surface area contributed by atoms with E-state index < -0.39 is 11.2 Å². The first-order chi connectivity index (χ1) is 11.7. The summed E-state index contributed by atoms with van der Waals surface area (Å²) in [5, 5.41) is 3.69. The van der Waals surface area contributed by atoms with Gasteiger partial charge >= 0.3 is 5.97 Å². The third kappa shape index (κ3) is 4.41. The van der Waals surface area contributed by atoms with Gasteiger partial charge in [0, 0.05) is 30.3 Å². The maximum atomic E-state index is 12.2. The van der Waals surface area contributed by atoms with E-state index >= 15 is 0 Å². The molecule has 1 saturated heterocycles. The van der Waals surface area contributed by atoms with Crippen LogP contribution >= 0.6 is 15.9 Å². The van der Waals surface area contributed by atoms with Crippen molar-refractivity contribution in [3.8, 4) is 0 Å². The van der Waals surface area contributed by atoms with Crippen molar-refractivity contribution in [1.82, 2.24) is 10.3 Å². The molecular formula is C19H27BrN2O3. The van der Waals surface area contributed by atoms with E-state index in [9.17, 15) is 4.79 Å². The van der Waals surface area contributed by atoms with Gasteiger partial charge in [0.1, 0.15) is 22.4 Å². The van der Waals surface area contributed by atoms with E-state index in [4.69, 9.17) is 9.47 Å². The third-order valence-corrected chi connectivity index (χ3v) is 5.54. The van der Waals surface area contributed by atoms with Gasteiger partial charge in [-0.25, -0.2) is 9.78 Å². The molecule has 0 amide bonds. The number of carbonyl (C=O) groups excluding carboxylic acids is 1. The Morgan fingerprint density at radius 1 is 1.32 bits per heavy atom. The smallest absolute Gasteiger partial charge is 0.332 e. The summed E-state index contributed by atoms with van der Waals surface area (Å²) in [6.07, 6.45) is 7.52. The lowest BCUT2D eigenvalue weighted by Crippen LogP contribution is -2.36. The molecule has 1 aliphatic carbocycles. The van der Waals surface area contributed by atoms with Gasteiger partial charge in [-0.1, -0.05) is 18.9 Å². The van der Waals surface area contributed by atoms with Gasteiger partial charge in [0.05, 0.1) is 0 Å². The summed E-state index contributed by atoms with van der Waals surface area (Å²) in [4.78, 5) is 16.5. The number of esters is 1. The monoisotopic (exact) mass is 410 g/mol. The molecule has 6 heteroatoms. The molecule has 1 atom stereocenters. The molecule has 5 nitrogen and oxygen atoms in total. The molecular weight excluding hydrogens is 384 g/mol. The third-order valence-electron chi connectivity index (χ3n) is 5.07. The summed E-state index contributed by atoms with van der Waals surface area (Å²) >= 11 is 3.38. The minimum atomic E-state index is -0.533. The van der Waals surface area contributed by atoms with E-state index in [-0.39, 0.29) is 18.1 Å². The zero-order valence-corrected chi connectivity index (χ0v) is 16.8. The van der Waals surface area contributed by atoms with Crippen LogP contribution < -0.4 is 5.32 Å². The SMILES string of the molecule is CC(C)(C)OC(=O)COC1(c2ccc(Br)nc2)CNC2(CCCC2)C1. The fraction of sp³-hybridized carbons (Fsp3) is 0.684. The largest absolute Gasteiger partial charge is 0.458 e. The normalized spacial score (nSPS) is 25.4. The van der Waals surface area contributed by atoms with Crippen LogP contribution in [0, 0.1) is 0 Å². The number of carbonyl (C=O) groups is 1. The minimum absolute atomic E-state index is 0.0505. The van der Waals surface area contributed by atoms with E-state index in [0.717, 1.165) is 29.4 Å². The lowest BCUT2D eigenvalue weighted by molar-refractivity contribution is -0.167. The van der Waals surface area contributed by atoms with E-state index in [1.807, 2.05) is 39.1 Å². The Morgan fingerprint density at radius 3 is 2.64 bits per heavy atom. The van der Waals surface area contributed by atoms with Gasteiger partial charge in [0.15, 0.2) is 0 Å². The molecule has 1 aliphatic heterocycles. The highest BCUT2D eigenvalue weighted by atomic mass is 79.9. The standard InChI is InChI=1S/C19H27BrN2O3/c1-17(2,3)25-16(23)11-24-19(14-6-7-15(20)21-10-14)12-18(22-13-19)8-4-5-9-18/h6-7,10,22H,4-5,8-9,11-13H2,1-3H3. The van der Waals surface area contributed by atoms with Crippen LogP contribution in [0.15, 0.2) is 22.9 Å². The Labute approximate surface area is 158 Å². The van der Waals surface area contributed by atoms with Gasteiger partial charge in [-0.15, -0.1) is 0 Å². The molecule has 0 radical (unpaired) electrons. The second-order valence-electron chi connectivity index (χ2n) is 8.26. The van der Waals surface area contributed by atoms with Crippen molar-refractivity contribution >= 4 is 21.9 Å². The Balaban J connectivity index is 1.78. The maximum absolute atomic E-state index is 12.2. The number of aromatic nitrogens is 1. The van der Waals surface area contributed by atoms with Crippen LogP contribution in [-0.2, 0) is 19.9 Å². The molecule has 1 N–H and O–H groups in total. The Morgan fingerprint density at radius 2 is 2.04 bits per heavy atom. The van der Waals surface area contributed by atoms with Crippen LogP contribution in [0.1, 0.15) is 58.4 Å². The quantitative estimate of drug-likeness (QED) is 0.605. The van der Waals surface area contributed by atoms with Crippen LogP contribution in [0.25, 0.3) is 0 Å². The minimum Gasteiger partial charge on any atom is -0.458 e. The molecule has 0 bridgehead atoms. The van der Waals surface area contributed by atoms with E-state index in [2.05, 4.69) is 26.2 Å². The van der Waals surface area contributed by atoms with Crippen LogP contribution in [0.2, 0.25) is 0 Å². The molecule has 138 valence electrons. The zero-order valence-electron chi connectivity index (χ0n) is 15.2. The number of halogens is 1. The number of hydrogen-bond donors (Lipinski definition) is 1. The summed E-state index contributed by atoms with van der Waals surface area (Å²) in [7, 11) is 0. The summed E-state index contributed by atoms with van der Waals surface area (Å²) in [6, 6.07) is 3.95. The molecule has 1 aromatic heterocycles. The van der Waals surface area contributed by atoms with E-state index in [1.165, 1.54) is 12.8 Å². The summed E-state index contributed by atoms with van der Waals surface area (Å²) in [6.45, 7) is 6.24. The molecule has 2 aliphatic rings. The topological polar surface area (TPSA) is 60.5 Å². The van der Waals surface area contributed by atoms with Gasteiger partial charge in [-0.2, -0.15) is 0 Å². The predicted molar refractivity (Wildman–Crippen MR) is 99.2 cm³/mol. The van der Waals surface area contributed by atoms with E-state index in [0.29, 0.717) is 6.54 Å². The number of hydrogen-bond acceptors (Lipinski definition) is 5.